The molecular weight excluding hydrogens is 424 g/mol. The fraction of sp³-hybridized carbons (Fsp3) is 0.840. The van der Waals surface area contributed by atoms with E-state index < -0.39 is 0 Å². The van der Waals surface area contributed by atoms with Crippen molar-refractivity contribution in [1.82, 2.24) is 9.80 Å². The first-order valence-corrected chi connectivity index (χ1v) is 12.3. The van der Waals surface area contributed by atoms with Gasteiger partial charge in [-0.15, -0.1) is 0 Å². The lowest BCUT2D eigenvalue weighted by Gasteiger charge is -2.43. The minimum Gasteiger partial charge on any atom is -0.443 e. The van der Waals surface area contributed by atoms with E-state index in [1.165, 1.54) is 5.57 Å². The highest BCUT2D eigenvalue weighted by Crippen LogP contribution is 2.59. The quantitative estimate of drug-likeness (QED) is 0.403. The molecule has 3 saturated heterocycles. The Bertz CT molecular complexity index is 769. The van der Waals surface area contributed by atoms with Crippen molar-refractivity contribution < 1.29 is 28.5 Å². The molecule has 33 heavy (non-hydrogen) atoms. The van der Waals surface area contributed by atoms with E-state index in [0.29, 0.717) is 26.1 Å². The van der Waals surface area contributed by atoms with Gasteiger partial charge in [-0.25, -0.2) is 4.79 Å². The number of methoxy groups -OCH3 is 1. The largest absolute Gasteiger partial charge is 0.443 e. The average Bonchev–Trinajstić information content (AvgIpc) is 3.69. The zero-order valence-electron chi connectivity index (χ0n) is 20.8. The molecule has 1 aliphatic carbocycles. The first kappa shape index (κ1) is 24.6. The van der Waals surface area contributed by atoms with Gasteiger partial charge >= 0.3 is 6.09 Å². The lowest BCUT2D eigenvalue weighted by molar-refractivity contribution is -0.122. The summed E-state index contributed by atoms with van der Waals surface area (Å²) in [6, 6.07) is 0. The maximum Gasteiger partial charge on any atom is 0.410 e. The number of amides is 1. The summed E-state index contributed by atoms with van der Waals surface area (Å²) in [4.78, 5) is 28.2. The highest BCUT2D eigenvalue weighted by molar-refractivity contribution is 5.75. The molecule has 1 spiro atoms. The number of carbonyl (C=O) groups is 2. The summed E-state index contributed by atoms with van der Waals surface area (Å²) in [6.45, 7) is 12.2. The Morgan fingerprint density at radius 3 is 2.42 bits per heavy atom. The summed E-state index contributed by atoms with van der Waals surface area (Å²) >= 11 is 0. The molecule has 0 aromatic rings. The Morgan fingerprint density at radius 1 is 1.15 bits per heavy atom. The van der Waals surface area contributed by atoms with Gasteiger partial charge in [0.2, 0.25) is 0 Å². The number of epoxide rings is 2. The highest BCUT2D eigenvalue weighted by Gasteiger charge is 2.72. The van der Waals surface area contributed by atoms with E-state index in [-0.39, 0.29) is 47.3 Å². The van der Waals surface area contributed by atoms with Crippen LogP contribution in [0.15, 0.2) is 11.6 Å². The highest BCUT2D eigenvalue weighted by atomic mass is 16.6. The molecule has 186 valence electrons. The Morgan fingerprint density at radius 2 is 1.85 bits per heavy atom. The molecule has 3 heterocycles. The third-order valence-electron chi connectivity index (χ3n) is 7.90. The van der Waals surface area contributed by atoms with Crippen LogP contribution in [0.5, 0.6) is 0 Å². The van der Waals surface area contributed by atoms with Crippen LogP contribution in [0.3, 0.4) is 0 Å². The predicted molar refractivity (Wildman–Crippen MR) is 123 cm³/mol. The van der Waals surface area contributed by atoms with Crippen LogP contribution in [0.2, 0.25) is 0 Å². The fourth-order valence-electron chi connectivity index (χ4n) is 5.74. The molecule has 4 rings (SSSR count). The van der Waals surface area contributed by atoms with Crippen LogP contribution < -0.4 is 0 Å². The predicted octanol–water partition coefficient (Wildman–Crippen LogP) is 2.80. The van der Waals surface area contributed by atoms with Crippen molar-refractivity contribution in [3.8, 4) is 0 Å². The van der Waals surface area contributed by atoms with Crippen molar-refractivity contribution >= 4 is 11.9 Å². The number of ether oxygens (including phenoxy) is 4. The third-order valence-corrected chi connectivity index (χ3v) is 7.90. The number of ketones is 1. The molecule has 8 heteroatoms. The summed E-state index contributed by atoms with van der Waals surface area (Å²) in [7, 11) is 1.70. The lowest BCUT2D eigenvalue weighted by atomic mass is 9.68. The van der Waals surface area contributed by atoms with Crippen molar-refractivity contribution in [2.75, 3.05) is 46.4 Å². The van der Waals surface area contributed by atoms with Crippen molar-refractivity contribution in [2.45, 2.75) is 82.9 Å². The summed E-state index contributed by atoms with van der Waals surface area (Å²) in [5.74, 6) is 0.226. The molecule has 0 N–H and O–H groups in total. The second-order valence-electron chi connectivity index (χ2n) is 10.6. The van der Waals surface area contributed by atoms with Gasteiger partial charge in [-0.1, -0.05) is 11.6 Å². The fourth-order valence-corrected chi connectivity index (χ4v) is 5.74. The van der Waals surface area contributed by atoms with Crippen LogP contribution in [0, 0.1) is 5.92 Å². The SMILES string of the molecule is CO[C@@H]1[C@H](OC(=O)N2CCN(CCC(C)=O)CC2)CC[C@]2(CO2)[C@H]1[C@]1(C)O[C@@H]1CC=C(C)C. The molecule has 0 aromatic carbocycles. The molecule has 3 aliphatic heterocycles. The van der Waals surface area contributed by atoms with Gasteiger partial charge in [-0.3, -0.25) is 9.69 Å². The van der Waals surface area contributed by atoms with E-state index in [1.54, 1.807) is 18.9 Å². The van der Waals surface area contributed by atoms with E-state index in [0.717, 1.165) is 38.9 Å². The number of Topliss-reactive ketones (excluding diaryl/α,β-unsaturated/α-hetero) is 1. The summed E-state index contributed by atoms with van der Waals surface area (Å²) in [5.41, 5.74) is 0.724. The van der Waals surface area contributed by atoms with Crippen LogP contribution in [0.1, 0.15) is 53.4 Å². The second kappa shape index (κ2) is 9.64. The molecule has 8 nitrogen and oxygen atoms in total. The zero-order valence-corrected chi connectivity index (χ0v) is 20.8. The molecule has 1 saturated carbocycles. The Balaban J connectivity index is 1.36. The van der Waals surface area contributed by atoms with Crippen LogP contribution in [-0.4, -0.2) is 97.6 Å². The molecule has 0 radical (unpaired) electrons. The van der Waals surface area contributed by atoms with Crippen molar-refractivity contribution in [3.63, 3.8) is 0 Å². The Labute approximate surface area is 197 Å². The number of piperazine rings is 1. The number of allylic oxidation sites excluding steroid dienone is 1. The van der Waals surface area contributed by atoms with Gasteiger partial charge in [0.15, 0.2) is 0 Å². The van der Waals surface area contributed by atoms with Gasteiger partial charge in [-0.2, -0.15) is 0 Å². The normalized spacial score (nSPS) is 38.2. The monoisotopic (exact) mass is 464 g/mol. The molecule has 6 atom stereocenters. The molecule has 4 aliphatic rings. The van der Waals surface area contributed by atoms with Crippen LogP contribution in [0.25, 0.3) is 0 Å². The number of rotatable bonds is 8. The van der Waals surface area contributed by atoms with Crippen LogP contribution in [0.4, 0.5) is 4.79 Å². The lowest BCUT2D eigenvalue weighted by Crippen LogP contribution is -2.57. The second-order valence-corrected chi connectivity index (χ2v) is 10.6. The Hall–Kier alpha value is -1.48. The van der Waals surface area contributed by atoms with Crippen LogP contribution >= 0.6 is 0 Å². The summed E-state index contributed by atoms with van der Waals surface area (Å²) < 4.78 is 24.2. The van der Waals surface area contributed by atoms with Crippen molar-refractivity contribution in [3.05, 3.63) is 11.6 Å². The topological polar surface area (TPSA) is 84.1 Å². The van der Waals surface area contributed by atoms with Gasteiger partial charge in [0.1, 0.15) is 29.2 Å². The molecular formula is C25H40N2O6. The van der Waals surface area contributed by atoms with E-state index in [4.69, 9.17) is 18.9 Å². The first-order chi connectivity index (χ1) is 15.7. The third kappa shape index (κ3) is 5.29. The van der Waals surface area contributed by atoms with E-state index >= 15 is 0 Å². The Kier molecular flexibility index (Phi) is 7.20. The minimum atomic E-state index is -0.337. The molecule has 0 aromatic heterocycles. The van der Waals surface area contributed by atoms with Gasteiger partial charge in [0, 0.05) is 46.3 Å². The molecule has 0 bridgehead atoms. The number of hydrogen-bond acceptors (Lipinski definition) is 7. The number of nitrogens with zero attached hydrogens (tertiary/aromatic N) is 2. The average molecular weight is 465 g/mol. The van der Waals surface area contributed by atoms with Gasteiger partial charge in [0.25, 0.3) is 0 Å². The van der Waals surface area contributed by atoms with E-state index in [2.05, 4.69) is 31.7 Å². The smallest absolute Gasteiger partial charge is 0.410 e. The van der Waals surface area contributed by atoms with Crippen molar-refractivity contribution in [1.29, 1.82) is 0 Å². The summed E-state index contributed by atoms with van der Waals surface area (Å²) in [6.07, 6.45) is 4.51. The van der Waals surface area contributed by atoms with E-state index in [1.807, 2.05) is 0 Å². The molecule has 0 unspecified atom stereocenters. The van der Waals surface area contributed by atoms with Gasteiger partial charge < -0.3 is 23.8 Å². The van der Waals surface area contributed by atoms with Crippen LogP contribution in [-0.2, 0) is 23.7 Å². The van der Waals surface area contributed by atoms with E-state index in [9.17, 15) is 9.59 Å². The summed E-state index contributed by atoms with van der Waals surface area (Å²) in [5, 5.41) is 0. The number of carbonyl (C=O) groups excluding carboxylic acids is 2. The van der Waals surface area contributed by atoms with Gasteiger partial charge in [-0.05, 0) is 47.0 Å². The first-order valence-electron chi connectivity index (χ1n) is 12.3. The minimum absolute atomic E-state index is 0.0283. The zero-order chi connectivity index (χ0) is 23.8. The molecule has 1 amide bonds. The number of hydrogen-bond donors (Lipinski definition) is 0. The maximum absolute atomic E-state index is 13.0. The standard InChI is InChI=1S/C25H40N2O6/c1-17(2)6-7-20-24(4,33-20)22-21(30-5)19(8-10-25(22)16-31-25)32-23(29)27-14-12-26(13-15-27)11-9-18(3)28/h6,19-22H,7-16H2,1-5H3/t19-,20-,21-,22-,24-,25+/m1/s1. The van der Waals surface area contributed by atoms with Crippen molar-refractivity contribution in [2.24, 2.45) is 5.92 Å². The van der Waals surface area contributed by atoms with Gasteiger partial charge in [0.05, 0.1) is 18.6 Å². The molecule has 4 fully saturated rings. The maximum atomic E-state index is 13.0.